The second-order valence-corrected chi connectivity index (χ2v) is 5.14. The highest BCUT2D eigenvalue weighted by Gasteiger charge is 2.16. The van der Waals surface area contributed by atoms with Crippen LogP contribution in [0, 0.1) is 13.8 Å². The summed E-state index contributed by atoms with van der Waals surface area (Å²) in [4.78, 5) is 20.7. The number of anilines is 1. The average molecular weight is 313 g/mol. The van der Waals surface area contributed by atoms with E-state index in [1.54, 1.807) is 25.3 Å². The van der Waals surface area contributed by atoms with Crippen molar-refractivity contribution in [3.63, 3.8) is 0 Å². The van der Waals surface area contributed by atoms with Crippen LogP contribution >= 0.6 is 0 Å². The molecule has 0 radical (unpaired) electrons. The topological polar surface area (TPSA) is 104 Å². The van der Waals surface area contributed by atoms with Crippen molar-refractivity contribution >= 4 is 11.7 Å². The Morgan fingerprint density at radius 2 is 2.09 bits per heavy atom. The molecule has 3 rings (SSSR count). The molecular weight excluding hydrogens is 294 g/mol. The number of aromatic hydroxyl groups is 1. The van der Waals surface area contributed by atoms with Crippen molar-refractivity contribution in [2.24, 2.45) is 0 Å². The molecule has 3 aromatic rings. The smallest absolute Gasteiger partial charge is 0.257 e. The molecule has 1 aromatic carbocycles. The van der Waals surface area contributed by atoms with Crippen LogP contribution in [-0.4, -0.2) is 31.2 Å². The van der Waals surface area contributed by atoms with Crippen molar-refractivity contribution in [1.29, 1.82) is 0 Å². The van der Waals surface area contributed by atoms with E-state index in [0.717, 1.165) is 5.56 Å². The number of amides is 1. The summed E-state index contributed by atoms with van der Waals surface area (Å²) in [7, 11) is 0. The van der Waals surface area contributed by atoms with Crippen LogP contribution in [0.5, 0.6) is 5.75 Å². The molecule has 0 saturated carbocycles. The highest BCUT2D eigenvalue weighted by Crippen LogP contribution is 2.29. The minimum absolute atomic E-state index is 0. The molecule has 7 heteroatoms. The van der Waals surface area contributed by atoms with Crippen molar-refractivity contribution in [1.82, 2.24) is 20.2 Å². The number of phenols is 1. The molecule has 2 heterocycles. The lowest BCUT2D eigenvalue weighted by Crippen LogP contribution is -2.15. The first-order chi connectivity index (χ1) is 11.1. The summed E-state index contributed by atoms with van der Waals surface area (Å²) >= 11 is 0. The third kappa shape index (κ3) is 2.89. The molecule has 0 unspecified atom stereocenters. The largest absolute Gasteiger partial charge is 0.507 e. The van der Waals surface area contributed by atoms with Crippen LogP contribution in [0.2, 0.25) is 0 Å². The van der Waals surface area contributed by atoms with E-state index < -0.39 is 0 Å². The lowest BCUT2D eigenvalue weighted by Gasteiger charge is -2.11. The van der Waals surface area contributed by atoms with Crippen molar-refractivity contribution in [2.75, 3.05) is 5.32 Å². The maximum absolute atomic E-state index is 12.5. The monoisotopic (exact) mass is 313 g/mol. The van der Waals surface area contributed by atoms with Crippen molar-refractivity contribution in [3.05, 3.63) is 53.5 Å². The van der Waals surface area contributed by atoms with E-state index in [1.807, 2.05) is 13.0 Å². The molecule has 0 aliphatic carbocycles. The number of rotatable bonds is 3. The van der Waals surface area contributed by atoms with Gasteiger partial charge in [-0.3, -0.25) is 9.89 Å². The first kappa shape index (κ1) is 14.7. The highest BCUT2D eigenvalue weighted by molar-refractivity contribution is 6.06. The molecule has 0 atom stereocenters. The fraction of sp³-hybridized carbons (Fsp3) is 0.125. The summed E-state index contributed by atoms with van der Waals surface area (Å²) in [6, 6.07) is 6.78. The molecule has 2 aromatic heterocycles. The number of benzene rings is 1. The van der Waals surface area contributed by atoms with Crippen molar-refractivity contribution < 1.29 is 12.8 Å². The van der Waals surface area contributed by atoms with E-state index in [-0.39, 0.29) is 14.5 Å². The Hall–Kier alpha value is -3.22. The van der Waals surface area contributed by atoms with Gasteiger partial charge in [-0.05, 0) is 43.2 Å². The normalized spacial score (nSPS) is 10.5. The van der Waals surface area contributed by atoms with Crippen LogP contribution < -0.4 is 5.32 Å². The SMILES string of the molecule is Cc1cc(O)c(-c2ncn[nH]2)cc1C(=O)Nc1ncccc1C.[HH].[HH]. The molecule has 0 fully saturated rings. The fourth-order valence-electron chi connectivity index (χ4n) is 2.25. The maximum Gasteiger partial charge on any atom is 0.257 e. The van der Waals surface area contributed by atoms with Gasteiger partial charge in [0, 0.05) is 14.6 Å². The number of nitrogens with zero attached hydrogens (tertiary/aromatic N) is 3. The second-order valence-electron chi connectivity index (χ2n) is 5.14. The number of hydrogen-bond acceptors (Lipinski definition) is 5. The van der Waals surface area contributed by atoms with Crippen LogP contribution in [0.1, 0.15) is 24.3 Å². The Balaban J connectivity index is 0.00000156. The number of H-pyrrole nitrogens is 1. The Kier molecular flexibility index (Phi) is 3.76. The summed E-state index contributed by atoms with van der Waals surface area (Å²) in [6.45, 7) is 3.62. The van der Waals surface area contributed by atoms with Crippen LogP contribution in [0.25, 0.3) is 11.4 Å². The first-order valence-corrected chi connectivity index (χ1v) is 6.98. The molecule has 7 nitrogen and oxygen atoms in total. The molecule has 0 aliphatic rings. The number of aromatic amines is 1. The molecule has 120 valence electrons. The quantitative estimate of drug-likeness (QED) is 0.689. The third-order valence-electron chi connectivity index (χ3n) is 3.50. The van der Waals surface area contributed by atoms with E-state index in [1.165, 1.54) is 12.4 Å². The zero-order chi connectivity index (χ0) is 16.4. The van der Waals surface area contributed by atoms with Crippen LogP contribution in [0.4, 0.5) is 5.82 Å². The van der Waals surface area contributed by atoms with Crippen LogP contribution in [0.15, 0.2) is 36.8 Å². The van der Waals surface area contributed by atoms with Crippen LogP contribution in [0.3, 0.4) is 0 Å². The maximum atomic E-state index is 12.5. The van der Waals surface area contributed by atoms with Crippen molar-refractivity contribution in [3.8, 4) is 17.1 Å². The number of nitrogens with one attached hydrogen (secondary N) is 2. The van der Waals surface area contributed by atoms with Gasteiger partial charge >= 0.3 is 0 Å². The summed E-state index contributed by atoms with van der Waals surface area (Å²) in [5.74, 6) is 0.631. The molecule has 3 N–H and O–H groups in total. The number of pyridine rings is 1. The predicted octanol–water partition coefficient (Wildman–Crippen LogP) is 2.93. The van der Waals surface area contributed by atoms with E-state index in [9.17, 15) is 9.90 Å². The number of phenolic OH excluding ortho intramolecular Hbond substituents is 1. The first-order valence-electron chi connectivity index (χ1n) is 6.98. The van der Waals surface area contributed by atoms with E-state index in [0.29, 0.717) is 28.3 Å². The van der Waals surface area contributed by atoms with Gasteiger partial charge in [0.1, 0.15) is 17.9 Å². The van der Waals surface area contributed by atoms with Gasteiger partial charge in [-0.2, -0.15) is 5.10 Å². The number of carbonyl (C=O) groups is 1. The van der Waals surface area contributed by atoms with Gasteiger partial charge in [-0.25, -0.2) is 9.97 Å². The van der Waals surface area contributed by atoms with Gasteiger partial charge in [0.05, 0.1) is 5.56 Å². The summed E-state index contributed by atoms with van der Waals surface area (Å²) < 4.78 is 0. The molecule has 23 heavy (non-hydrogen) atoms. The highest BCUT2D eigenvalue weighted by atomic mass is 16.3. The number of hydrogen-bond donors (Lipinski definition) is 3. The standard InChI is InChI=1S/C16H15N5O2.2H2/c1-9-4-3-5-17-14(9)20-16(23)11-7-12(13(22)6-10(11)2)15-18-8-19-21-15;;/h3-8,22H,1-2H3,(H,17,20,23)(H,18,19,21);2*1H. The molecule has 0 aliphatic heterocycles. The van der Waals surface area contributed by atoms with Gasteiger partial charge in [0.25, 0.3) is 5.91 Å². The predicted molar refractivity (Wildman–Crippen MR) is 89.4 cm³/mol. The lowest BCUT2D eigenvalue weighted by atomic mass is 10.0. The number of aryl methyl sites for hydroxylation is 2. The summed E-state index contributed by atoms with van der Waals surface area (Å²) in [6.07, 6.45) is 2.96. The minimum atomic E-state index is -0.301. The second kappa shape index (κ2) is 5.88. The van der Waals surface area contributed by atoms with E-state index >= 15 is 0 Å². The van der Waals surface area contributed by atoms with Crippen molar-refractivity contribution in [2.45, 2.75) is 13.8 Å². The van der Waals surface area contributed by atoms with Gasteiger partial charge in [0.2, 0.25) is 0 Å². The Morgan fingerprint density at radius 3 is 2.78 bits per heavy atom. The lowest BCUT2D eigenvalue weighted by molar-refractivity contribution is 0.102. The molecule has 0 spiro atoms. The Labute approximate surface area is 135 Å². The number of aromatic nitrogens is 4. The minimum Gasteiger partial charge on any atom is -0.507 e. The van der Waals surface area contributed by atoms with Crippen LogP contribution in [-0.2, 0) is 0 Å². The summed E-state index contributed by atoms with van der Waals surface area (Å²) in [5.41, 5.74) is 2.36. The van der Waals surface area contributed by atoms with Gasteiger partial charge in [-0.15, -0.1) is 0 Å². The summed E-state index contributed by atoms with van der Waals surface area (Å²) in [5, 5.41) is 19.3. The average Bonchev–Trinajstić information content (AvgIpc) is 3.03. The Bertz CT molecular complexity index is 869. The fourth-order valence-corrected chi connectivity index (χ4v) is 2.25. The molecular formula is C16H19N5O2. The number of carbonyl (C=O) groups excluding carboxylic acids is 1. The van der Waals surface area contributed by atoms with E-state index in [2.05, 4.69) is 25.5 Å². The van der Waals surface area contributed by atoms with Gasteiger partial charge in [0.15, 0.2) is 5.82 Å². The zero-order valence-corrected chi connectivity index (χ0v) is 12.7. The van der Waals surface area contributed by atoms with Gasteiger partial charge < -0.3 is 10.4 Å². The van der Waals surface area contributed by atoms with E-state index in [4.69, 9.17) is 0 Å². The zero-order valence-electron chi connectivity index (χ0n) is 12.7. The molecule has 1 amide bonds. The third-order valence-corrected chi connectivity index (χ3v) is 3.50. The molecule has 0 saturated heterocycles. The Morgan fingerprint density at radius 1 is 1.26 bits per heavy atom. The molecule has 0 bridgehead atoms. The van der Waals surface area contributed by atoms with Gasteiger partial charge in [-0.1, -0.05) is 6.07 Å².